The molecular weight excluding hydrogens is 375 g/mol. The lowest BCUT2D eigenvalue weighted by Crippen LogP contribution is -2.26. The van der Waals surface area contributed by atoms with Gasteiger partial charge in [-0.05, 0) is 53.0 Å². The van der Waals surface area contributed by atoms with Crippen molar-refractivity contribution in [2.75, 3.05) is 6.54 Å². The number of aryl methyl sites for hydroxylation is 1. The molecule has 0 fully saturated rings. The molecule has 0 spiro atoms. The Morgan fingerprint density at radius 1 is 1.33 bits per heavy atom. The maximum absolute atomic E-state index is 6.29. The molecule has 0 bridgehead atoms. The number of hydrogen-bond acceptors (Lipinski definition) is 3. The number of nitrogens with zero attached hydrogens (tertiary/aromatic N) is 3. The van der Waals surface area contributed by atoms with Crippen LogP contribution in [0.3, 0.4) is 0 Å². The molecule has 1 aromatic carbocycles. The monoisotopic (exact) mass is 390 g/mol. The van der Waals surface area contributed by atoms with Gasteiger partial charge in [0.1, 0.15) is 0 Å². The molecule has 2 aromatic rings. The van der Waals surface area contributed by atoms with E-state index in [4.69, 9.17) is 23.2 Å². The van der Waals surface area contributed by atoms with Gasteiger partial charge in [0.2, 0.25) is 0 Å². The average Bonchev–Trinajstić information content (AvgIpc) is 2.78. The quantitative estimate of drug-likeness (QED) is 0.803. The summed E-state index contributed by atoms with van der Waals surface area (Å²) in [6.07, 6.45) is 1.72. The molecule has 21 heavy (non-hydrogen) atoms. The molecule has 0 aliphatic heterocycles. The number of aromatic nitrogens is 3. The number of benzene rings is 1. The van der Waals surface area contributed by atoms with Crippen molar-refractivity contribution in [1.82, 2.24) is 20.3 Å². The standard InChI is InChI=1S/C14H17BrCl2N4/c1-3-7-18-12(13-14(15)19-20-21(13)2)8-9-10(16)5-4-6-11(9)17/h4-6,12,18H,3,7-8H2,1-2H3. The SMILES string of the molecule is CCCNC(Cc1c(Cl)cccc1Cl)c1c(Br)nnn1C. The van der Waals surface area contributed by atoms with E-state index in [1.165, 1.54) is 0 Å². The first-order valence-corrected chi connectivity index (χ1v) is 8.30. The summed E-state index contributed by atoms with van der Waals surface area (Å²) in [7, 11) is 1.88. The summed E-state index contributed by atoms with van der Waals surface area (Å²) in [4.78, 5) is 0. The molecule has 0 aliphatic rings. The summed E-state index contributed by atoms with van der Waals surface area (Å²) in [5, 5.41) is 13.0. The van der Waals surface area contributed by atoms with E-state index in [0.717, 1.165) is 28.8 Å². The van der Waals surface area contributed by atoms with Crippen LogP contribution in [-0.2, 0) is 13.5 Å². The van der Waals surface area contributed by atoms with Crippen molar-refractivity contribution in [1.29, 1.82) is 0 Å². The highest BCUT2D eigenvalue weighted by Crippen LogP contribution is 2.31. The molecule has 1 aromatic heterocycles. The van der Waals surface area contributed by atoms with E-state index in [1.807, 2.05) is 25.2 Å². The fourth-order valence-electron chi connectivity index (χ4n) is 2.22. The lowest BCUT2D eigenvalue weighted by atomic mass is 10.0. The molecule has 0 saturated heterocycles. The van der Waals surface area contributed by atoms with Crippen molar-refractivity contribution < 1.29 is 0 Å². The molecule has 114 valence electrons. The molecule has 7 heteroatoms. The van der Waals surface area contributed by atoms with Gasteiger partial charge in [0.05, 0.1) is 11.7 Å². The van der Waals surface area contributed by atoms with Crippen LogP contribution in [0.15, 0.2) is 22.8 Å². The van der Waals surface area contributed by atoms with Gasteiger partial charge in [0.25, 0.3) is 0 Å². The van der Waals surface area contributed by atoms with Crippen LogP contribution in [0, 0.1) is 0 Å². The van der Waals surface area contributed by atoms with Crippen LogP contribution in [0.5, 0.6) is 0 Å². The Kier molecular flexibility index (Phi) is 6.05. The zero-order valence-electron chi connectivity index (χ0n) is 11.9. The average molecular weight is 392 g/mol. The predicted molar refractivity (Wildman–Crippen MR) is 89.9 cm³/mol. The van der Waals surface area contributed by atoms with Crippen LogP contribution < -0.4 is 5.32 Å². The van der Waals surface area contributed by atoms with Gasteiger partial charge in [-0.3, -0.25) is 0 Å². The van der Waals surface area contributed by atoms with Crippen LogP contribution in [0.2, 0.25) is 10.0 Å². The van der Waals surface area contributed by atoms with E-state index in [1.54, 1.807) is 4.68 Å². The molecule has 1 heterocycles. The highest BCUT2D eigenvalue weighted by Gasteiger charge is 2.22. The topological polar surface area (TPSA) is 42.7 Å². The normalized spacial score (nSPS) is 12.6. The van der Waals surface area contributed by atoms with Gasteiger partial charge >= 0.3 is 0 Å². The molecule has 1 atom stereocenters. The zero-order chi connectivity index (χ0) is 15.4. The van der Waals surface area contributed by atoms with Gasteiger partial charge in [0.15, 0.2) is 4.60 Å². The first kappa shape index (κ1) is 16.7. The van der Waals surface area contributed by atoms with Crippen LogP contribution in [-0.4, -0.2) is 21.5 Å². The van der Waals surface area contributed by atoms with Crippen LogP contribution in [0.25, 0.3) is 0 Å². The number of nitrogens with one attached hydrogen (secondary N) is 1. The second-order valence-electron chi connectivity index (χ2n) is 4.80. The second kappa shape index (κ2) is 7.58. The largest absolute Gasteiger partial charge is 0.308 e. The Morgan fingerprint density at radius 3 is 2.52 bits per heavy atom. The van der Waals surface area contributed by atoms with Crippen molar-refractivity contribution in [3.05, 3.63) is 44.1 Å². The summed E-state index contributed by atoms with van der Waals surface area (Å²) >= 11 is 16.0. The highest BCUT2D eigenvalue weighted by atomic mass is 79.9. The Balaban J connectivity index is 2.33. The third kappa shape index (κ3) is 3.97. The Hall–Kier alpha value is -0.620. The van der Waals surface area contributed by atoms with E-state index in [-0.39, 0.29) is 6.04 Å². The summed E-state index contributed by atoms with van der Waals surface area (Å²) in [5.74, 6) is 0. The Bertz CT molecular complexity index is 575. The molecule has 2 rings (SSSR count). The first-order chi connectivity index (χ1) is 10.0. The van der Waals surface area contributed by atoms with E-state index < -0.39 is 0 Å². The minimum absolute atomic E-state index is 0.0386. The number of halogens is 3. The summed E-state index contributed by atoms with van der Waals surface area (Å²) < 4.78 is 2.50. The minimum atomic E-state index is 0.0386. The molecule has 1 N–H and O–H groups in total. The van der Waals surface area contributed by atoms with Gasteiger partial charge < -0.3 is 5.32 Å². The van der Waals surface area contributed by atoms with Gasteiger partial charge in [-0.2, -0.15) is 0 Å². The minimum Gasteiger partial charge on any atom is -0.308 e. The van der Waals surface area contributed by atoms with E-state index in [2.05, 4.69) is 38.5 Å². The fourth-order valence-corrected chi connectivity index (χ4v) is 3.38. The van der Waals surface area contributed by atoms with Crippen molar-refractivity contribution in [3.63, 3.8) is 0 Å². The maximum atomic E-state index is 6.29. The molecule has 0 amide bonds. The van der Waals surface area contributed by atoms with Crippen molar-refractivity contribution in [3.8, 4) is 0 Å². The van der Waals surface area contributed by atoms with Crippen LogP contribution >= 0.6 is 39.1 Å². The van der Waals surface area contributed by atoms with Gasteiger partial charge in [-0.1, -0.05) is 41.4 Å². The van der Waals surface area contributed by atoms with Crippen molar-refractivity contribution >= 4 is 39.1 Å². The predicted octanol–water partition coefficient (Wildman–Crippen LogP) is 4.17. The van der Waals surface area contributed by atoms with Crippen LogP contribution in [0.4, 0.5) is 0 Å². The molecule has 0 aliphatic carbocycles. The van der Waals surface area contributed by atoms with Gasteiger partial charge in [0, 0.05) is 17.1 Å². The second-order valence-corrected chi connectivity index (χ2v) is 6.37. The Labute approximate surface area is 142 Å². The smallest absolute Gasteiger partial charge is 0.153 e. The third-order valence-electron chi connectivity index (χ3n) is 3.27. The lowest BCUT2D eigenvalue weighted by Gasteiger charge is -2.20. The summed E-state index contributed by atoms with van der Waals surface area (Å²) in [5.41, 5.74) is 1.92. The molecule has 4 nitrogen and oxygen atoms in total. The molecular formula is C14H17BrCl2N4. The molecule has 0 saturated carbocycles. The number of hydrogen-bond donors (Lipinski definition) is 1. The van der Waals surface area contributed by atoms with Crippen molar-refractivity contribution in [2.45, 2.75) is 25.8 Å². The number of rotatable bonds is 6. The highest BCUT2D eigenvalue weighted by molar-refractivity contribution is 9.10. The van der Waals surface area contributed by atoms with E-state index in [9.17, 15) is 0 Å². The van der Waals surface area contributed by atoms with Gasteiger partial charge in [-0.15, -0.1) is 5.10 Å². The summed E-state index contributed by atoms with van der Waals surface area (Å²) in [6, 6.07) is 5.60. The lowest BCUT2D eigenvalue weighted by molar-refractivity contribution is 0.491. The first-order valence-electron chi connectivity index (χ1n) is 6.76. The van der Waals surface area contributed by atoms with E-state index >= 15 is 0 Å². The maximum Gasteiger partial charge on any atom is 0.153 e. The van der Waals surface area contributed by atoms with E-state index in [0.29, 0.717) is 16.5 Å². The third-order valence-corrected chi connectivity index (χ3v) is 4.54. The molecule has 0 radical (unpaired) electrons. The molecule has 1 unspecified atom stereocenters. The Morgan fingerprint density at radius 2 is 2.00 bits per heavy atom. The fraction of sp³-hybridized carbons (Fsp3) is 0.429. The van der Waals surface area contributed by atoms with Crippen molar-refractivity contribution in [2.24, 2.45) is 7.05 Å². The van der Waals surface area contributed by atoms with Gasteiger partial charge in [-0.25, -0.2) is 4.68 Å². The summed E-state index contributed by atoms with van der Waals surface area (Å²) in [6.45, 7) is 3.02. The van der Waals surface area contributed by atoms with Crippen LogP contribution in [0.1, 0.15) is 30.6 Å². The zero-order valence-corrected chi connectivity index (χ0v) is 15.0.